The zero-order chi connectivity index (χ0) is 12.4. The van der Waals surface area contributed by atoms with Crippen LogP contribution in [0.25, 0.3) is 0 Å². The van der Waals surface area contributed by atoms with E-state index in [1.165, 1.54) is 6.92 Å². The predicted molar refractivity (Wildman–Crippen MR) is 62.9 cm³/mol. The van der Waals surface area contributed by atoms with Gasteiger partial charge in [0.15, 0.2) is 0 Å². The van der Waals surface area contributed by atoms with Crippen molar-refractivity contribution >= 4 is 11.8 Å². The molecule has 0 spiro atoms. The molecule has 0 fully saturated rings. The van der Waals surface area contributed by atoms with E-state index in [-0.39, 0.29) is 11.8 Å². The number of nitrogens with zero attached hydrogens (tertiary/aromatic N) is 1. The topological polar surface area (TPSA) is 87.5 Å². The van der Waals surface area contributed by atoms with Crippen molar-refractivity contribution in [2.45, 2.75) is 13.3 Å². The lowest BCUT2D eigenvalue weighted by molar-refractivity contribution is -0.122. The van der Waals surface area contributed by atoms with Crippen LogP contribution in [0.3, 0.4) is 0 Å². The molecule has 0 unspecified atom stereocenters. The molecule has 94 valence electrons. The van der Waals surface area contributed by atoms with E-state index in [0.717, 1.165) is 13.0 Å². The second-order valence-corrected chi connectivity index (χ2v) is 3.71. The number of carbonyl (C=O) groups is 2. The fourth-order valence-corrected chi connectivity index (χ4v) is 1.18. The first-order chi connectivity index (χ1) is 7.56. The van der Waals surface area contributed by atoms with Gasteiger partial charge >= 0.3 is 0 Å². The summed E-state index contributed by atoms with van der Waals surface area (Å²) in [4.78, 5) is 23.8. The predicted octanol–water partition coefficient (Wildman–Crippen LogP) is -1.48. The average molecular weight is 230 g/mol. The summed E-state index contributed by atoms with van der Waals surface area (Å²) in [5, 5.41) is 5.32. The summed E-state index contributed by atoms with van der Waals surface area (Å²) >= 11 is 0. The first-order valence-electron chi connectivity index (χ1n) is 5.46. The normalized spacial score (nSPS) is 10.2. The molecule has 2 amide bonds. The Morgan fingerprint density at radius 2 is 1.88 bits per heavy atom. The highest BCUT2D eigenvalue weighted by molar-refractivity contribution is 5.78. The van der Waals surface area contributed by atoms with Gasteiger partial charge in [-0.3, -0.25) is 14.5 Å². The fourth-order valence-electron chi connectivity index (χ4n) is 1.18. The number of amides is 2. The van der Waals surface area contributed by atoms with Crippen LogP contribution in [0.5, 0.6) is 0 Å². The molecule has 0 saturated carbocycles. The number of nitrogens with two attached hydrogens (primary N) is 1. The van der Waals surface area contributed by atoms with E-state index >= 15 is 0 Å². The number of nitrogens with one attached hydrogen (secondary N) is 2. The number of carbonyl (C=O) groups excluding carboxylic acids is 2. The Bertz CT molecular complexity index is 221. The maximum Gasteiger partial charge on any atom is 0.234 e. The van der Waals surface area contributed by atoms with Crippen molar-refractivity contribution in [3.8, 4) is 0 Å². The first-order valence-corrected chi connectivity index (χ1v) is 5.46. The van der Waals surface area contributed by atoms with E-state index in [1.54, 1.807) is 0 Å². The van der Waals surface area contributed by atoms with Crippen LogP contribution >= 0.6 is 0 Å². The molecular weight excluding hydrogens is 208 g/mol. The van der Waals surface area contributed by atoms with Crippen molar-refractivity contribution in [1.82, 2.24) is 15.5 Å². The van der Waals surface area contributed by atoms with Crippen LogP contribution in [-0.2, 0) is 9.59 Å². The van der Waals surface area contributed by atoms with Gasteiger partial charge < -0.3 is 16.4 Å². The van der Waals surface area contributed by atoms with Crippen molar-refractivity contribution < 1.29 is 9.59 Å². The Hall–Kier alpha value is -1.14. The van der Waals surface area contributed by atoms with Gasteiger partial charge in [-0.1, -0.05) is 0 Å². The second kappa shape index (κ2) is 9.11. The number of hydrogen-bond donors (Lipinski definition) is 3. The molecule has 0 aromatic carbocycles. The third-order valence-corrected chi connectivity index (χ3v) is 1.98. The lowest BCUT2D eigenvalue weighted by Gasteiger charge is -2.15. The van der Waals surface area contributed by atoms with Crippen molar-refractivity contribution in [2.75, 3.05) is 39.8 Å². The van der Waals surface area contributed by atoms with Crippen LogP contribution in [0, 0.1) is 0 Å². The van der Waals surface area contributed by atoms with E-state index in [2.05, 4.69) is 10.6 Å². The van der Waals surface area contributed by atoms with Crippen molar-refractivity contribution in [3.63, 3.8) is 0 Å². The van der Waals surface area contributed by atoms with Crippen LogP contribution < -0.4 is 16.4 Å². The molecule has 0 rings (SSSR count). The zero-order valence-electron chi connectivity index (χ0n) is 10.1. The highest BCUT2D eigenvalue weighted by Gasteiger charge is 2.04. The van der Waals surface area contributed by atoms with Crippen LogP contribution in [0.2, 0.25) is 0 Å². The summed E-state index contributed by atoms with van der Waals surface area (Å²) in [6.07, 6.45) is 0.885. The molecule has 16 heavy (non-hydrogen) atoms. The Morgan fingerprint density at radius 3 is 2.44 bits per heavy atom. The lowest BCUT2D eigenvalue weighted by Crippen LogP contribution is -2.39. The van der Waals surface area contributed by atoms with E-state index in [9.17, 15) is 9.59 Å². The molecule has 0 saturated heterocycles. The van der Waals surface area contributed by atoms with Crippen LogP contribution in [0.1, 0.15) is 13.3 Å². The minimum atomic E-state index is -0.0886. The Morgan fingerprint density at radius 1 is 1.25 bits per heavy atom. The SMILES string of the molecule is CC(=O)NCCNC(=O)CN(C)CCCN. The molecule has 0 radical (unpaired) electrons. The Labute approximate surface area is 96.5 Å². The minimum Gasteiger partial charge on any atom is -0.355 e. The molecule has 0 aliphatic rings. The van der Waals surface area contributed by atoms with E-state index in [4.69, 9.17) is 5.73 Å². The Balaban J connectivity index is 3.46. The summed E-state index contributed by atoms with van der Waals surface area (Å²) in [5.41, 5.74) is 5.37. The van der Waals surface area contributed by atoms with Crippen molar-refractivity contribution in [3.05, 3.63) is 0 Å². The first kappa shape index (κ1) is 14.9. The minimum absolute atomic E-state index is 0.0372. The lowest BCUT2D eigenvalue weighted by atomic mass is 10.4. The van der Waals surface area contributed by atoms with Gasteiger partial charge in [-0.25, -0.2) is 0 Å². The number of likely N-dealkylation sites (N-methyl/N-ethyl adjacent to an activating group) is 1. The van der Waals surface area contributed by atoms with Gasteiger partial charge in [-0.2, -0.15) is 0 Å². The van der Waals surface area contributed by atoms with Gasteiger partial charge in [0, 0.05) is 20.0 Å². The van der Waals surface area contributed by atoms with Gasteiger partial charge in [-0.15, -0.1) is 0 Å². The van der Waals surface area contributed by atoms with E-state index < -0.39 is 0 Å². The molecular formula is C10H22N4O2. The maximum absolute atomic E-state index is 11.4. The second-order valence-electron chi connectivity index (χ2n) is 3.71. The molecule has 6 heteroatoms. The van der Waals surface area contributed by atoms with Crippen LogP contribution in [0.4, 0.5) is 0 Å². The molecule has 0 heterocycles. The average Bonchev–Trinajstić information content (AvgIpc) is 2.21. The molecule has 0 aromatic heterocycles. The Kier molecular flexibility index (Phi) is 8.46. The fraction of sp³-hybridized carbons (Fsp3) is 0.800. The highest BCUT2D eigenvalue weighted by atomic mass is 16.2. The molecule has 0 aliphatic carbocycles. The summed E-state index contributed by atoms with van der Waals surface area (Å²) < 4.78 is 0. The molecule has 0 aromatic rings. The molecule has 0 aliphatic heterocycles. The van der Waals surface area contributed by atoms with Gasteiger partial charge in [0.05, 0.1) is 6.54 Å². The standard InChI is InChI=1S/C10H22N4O2/c1-9(15)12-5-6-13-10(16)8-14(2)7-3-4-11/h3-8,11H2,1-2H3,(H,12,15)(H,13,16). The van der Waals surface area contributed by atoms with Crippen LogP contribution in [0.15, 0.2) is 0 Å². The van der Waals surface area contributed by atoms with Gasteiger partial charge in [-0.05, 0) is 26.6 Å². The van der Waals surface area contributed by atoms with Gasteiger partial charge in [0.25, 0.3) is 0 Å². The number of hydrogen-bond acceptors (Lipinski definition) is 4. The molecule has 0 atom stereocenters. The zero-order valence-corrected chi connectivity index (χ0v) is 10.1. The van der Waals surface area contributed by atoms with Crippen molar-refractivity contribution in [1.29, 1.82) is 0 Å². The quantitative estimate of drug-likeness (QED) is 0.444. The number of rotatable bonds is 8. The molecule has 0 bridgehead atoms. The van der Waals surface area contributed by atoms with Crippen molar-refractivity contribution in [2.24, 2.45) is 5.73 Å². The monoisotopic (exact) mass is 230 g/mol. The summed E-state index contributed by atoms with van der Waals surface area (Å²) in [5.74, 6) is -0.126. The summed E-state index contributed by atoms with van der Waals surface area (Å²) in [6, 6.07) is 0. The smallest absolute Gasteiger partial charge is 0.234 e. The third kappa shape index (κ3) is 9.42. The maximum atomic E-state index is 11.4. The van der Waals surface area contributed by atoms with E-state index in [1.807, 2.05) is 11.9 Å². The van der Waals surface area contributed by atoms with Gasteiger partial charge in [0.1, 0.15) is 0 Å². The molecule has 6 nitrogen and oxygen atoms in total. The summed E-state index contributed by atoms with van der Waals surface area (Å²) in [7, 11) is 1.88. The third-order valence-electron chi connectivity index (χ3n) is 1.98. The van der Waals surface area contributed by atoms with E-state index in [0.29, 0.717) is 26.2 Å². The highest BCUT2D eigenvalue weighted by Crippen LogP contribution is 1.84. The van der Waals surface area contributed by atoms with Gasteiger partial charge in [0.2, 0.25) is 11.8 Å². The van der Waals surface area contributed by atoms with Crippen LogP contribution in [-0.4, -0.2) is 56.5 Å². The molecule has 4 N–H and O–H groups in total. The largest absolute Gasteiger partial charge is 0.355 e. The summed E-state index contributed by atoms with van der Waals surface area (Å²) in [6.45, 7) is 4.18.